The lowest BCUT2D eigenvalue weighted by Crippen LogP contribution is -2.47. The highest BCUT2D eigenvalue weighted by Crippen LogP contribution is 2.27. The zero-order chi connectivity index (χ0) is 27.0. The molecule has 0 spiro atoms. The quantitative estimate of drug-likeness (QED) is 0.353. The molecule has 2 aliphatic rings. The van der Waals surface area contributed by atoms with Crippen LogP contribution in [0.1, 0.15) is 36.8 Å². The molecule has 0 bridgehead atoms. The first-order valence-corrected chi connectivity index (χ1v) is 13.5. The molecular formula is C31H34N4O4. The monoisotopic (exact) mass is 526 g/mol. The molecule has 3 amide bonds. The van der Waals surface area contributed by atoms with Crippen molar-refractivity contribution in [3.8, 4) is 0 Å². The van der Waals surface area contributed by atoms with E-state index in [1.54, 1.807) is 0 Å². The Morgan fingerprint density at radius 3 is 2.23 bits per heavy atom. The fraction of sp³-hybridized carbons (Fsp3) is 0.323. The fourth-order valence-corrected chi connectivity index (χ4v) is 5.13. The van der Waals surface area contributed by atoms with Gasteiger partial charge < -0.3 is 15.0 Å². The van der Waals surface area contributed by atoms with E-state index < -0.39 is 6.09 Å². The van der Waals surface area contributed by atoms with Gasteiger partial charge in [-0.2, -0.15) is 0 Å². The second-order valence-electron chi connectivity index (χ2n) is 10.2. The van der Waals surface area contributed by atoms with E-state index in [2.05, 4.69) is 45.1 Å². The van der Waals surface area contributed by atoms with Crippen molar-refractivity contribution in [2.75, 3.05) is 28.6 Å². The average molecular weight is 527 g/mol. The van der Waals surface area contributed by atoms with Crippen molar-refractivity contribution in [3.63, 3.8) is 0 Å². The number of carbonyl (C=O) groups is 3. The third-order valence-electron chi connectivity index (χ3n) is 7.36. The fourth-order valence-electron chi connectivity index (χ4n) is 5.13. The maximum Gasteiger partial charge on any atom is 0.411 e. The van der Waals surface area contributed by atoms with Crippen LogP contribution < -0.4 is 20.9 Å². The normalized spacial score (nSPS) is 17.8. The maximum atomic E-state index is 12.1. The lowest BCUT2D eigenvalue weighted by atomic mass is 9.90. The standard InChI is InChI=1S/C31H34N4O4/c36-29-15-14-28(30(37)34-29)32-25-10-12-27(13-11-25)35-18-16-23(17-19-35)20-22-6-8-26(9-7-22)33-31(38)39-21-24-4-2-1-3-5-24/h1-13,23,28,32H,14-21H2,(H,33,38)(H,34,36,37). The molecule has 2 heterocycles. The van der Waals surface area contributed by atoms with Gasteiger partial charge in [-0.15, -0.1) is 0 Å². The van der Waals surface area contributed by atoms with Gasteiger partial charge >= 0.3 is 6.09 Å². The average Bonchev–Trinajstić information content (AvgIpc) is 2.96. The van der Waals surface area contributed by atoms with Crippen LogP contribution in [0.25, 0.3) is 0 Å². The van der Waals surface area contributed by atoms with E-state index in [-0.39, 0.29) is 24.5 Å². The highest BCUT2D eigenvalue weighted by atomic mass is 16.5. The number of piperidine rings is 2. The highest BCUT2D eigenvalue weighted by Gasteiger charge is 2.26. The van der Waals surface area contributed by atoms with E-state index in [0.29, 0.717) is 18.8 Å². The van der Waals surface area contributed by atoms with Gasteiger partial charge in [0, 0.05) is 36.6 Å². The van der Waals surface area contributed by atoms with Gasteiger partial charge in [-0.3, -0.25) is 20.2 Å². The lowest BCUT2D eigenvalue weighted by Gasteiger charge is -2.34. The van der Waals surface area contributed by atoms with E-state index in [1.807, 2.05) is 54.6 Å². The minimum atomic E-state index is -0.459. The molecule has 0 aliphatic carbocycles. The zero-order valence-corrected chi connectivity index (χ0v) is 21.9. The van der Waals surface area contributed by atoms with E-state index in [4.69, 9.17) is 4.74 Å². The summed E-state index contributed by atoms with van der Waals surface area (Å²) in [6.45, 7) is 2.24. The lowest BCUT2D eigenvalue weighted by molar-refractivity contribution is -0.133. The molecule has 1 atom stereocenters. The third kappa shape index (κ3) is 7.37. The van der Waals surface area contributed by atoms with Crippen LogP contribution >= 0.6 is 0 Å². The summed E-state index contributed by atoms with van der Waals surface area (Å²) >= 11 is 0. The van der Waals surface area contributed by atoms with Crippen LogP contribution in [0.4, 0.5) is 21.9 Å². The number of carbonyl (C=O) groups excluding carboxylic acids is 3. The molecule has 3 aromatic rings. The molecule has 5 rings (SSSR count). The van der Waals surface area contributed by atoms with E-state index in [0.717, 1.165) is 49.3 Å². The Hall–Kier alpha value is -4.33. The van der Waals surface area contributed by atoms with Crippen molar-refractivity contribution >= 4 is 35.0 Å². The summed E-state index contributed by atoms with van der Waals surface area (Å²) in [5.41, 5.74) is 5.00. The molecule has 2 fully saturated rings. The second-order valence-corrected chi connectivity index (χ2v) is 10.2. The first kappa shape index (κ1) is 26.3. The molecule has 3 N–H and O–H groups in total. The Morgan fingerprint density at radius 2 is 1.54 bits per heavy atom. The molecule has 0 aromatic heterocycles. The predicted octanol–water partition coefficient (Wildman–Crippen LogP) is 5.11. The summed E-state index contributed by atoms with van der Waals surface area (Å²) in [5.74, 6) is 0.150. The van der Waals surface area contributed by atoms with Gasteiger partial charge in [0.1, 0.15) is 12.6 Å². The molecule has 8 heteroatoms. The Balaban J connectivity index is 1.04. The number of imide groups is 1. The van der Waals surface area contributed by atoms with Crippen LogP contribution in [0.15, 0.2) is 78.9 Å². The Labute approximate surface area is 228 Å². The molecular weight excluding hydrogens is 492 g/mol. The van der Waals surface area contributed by atoms with E-state index >= 15 is 0 Å². The molecule has 0 radical (unpaired) electrons. The number of nitrogens with zero attached hydrogens (tertiary/aromatic N) is 1. The van der Waals surface area contributed by atoms with Crippen molar-refractivity contribution < 1.29 is 19.1 Å². The van der Waals surface area contributed by atoms with Crippen LogP contribution in [0.3, 0.4) is 0 Å². The maximum absolute atomic E-state index is 12.1. The smallest absolute Gasteiger partial charge is 0.411 e. The van der Waals surface area contributed by atoms with Gasteiger partial charge in [0.15, 0.2) is 0 Å². The summed E-state index contributed by atoms with van der Waals surface area (Å²) in [7, 11) is 0. The number of rotatable bonds is 8. The minimum Gasteiger partial charge on any atom is -0.444 e. The van der Waals surface area contributed by atoms with Crippen molar-refractivity contribution in [1.29, 1.82) is 0 Å². The summed E-state index contributed by atoms with van der Waals surface area (Å²) in [5, 5.41) is 8.41. The molecule has 1 unspecified atom stereocenters. The van der Waals surface area contributed by atoms with Crippen LogP contribution in [0, 0.1) is 5.92 Å². The highest BCUT2D eigenvalue weighted by molar-refractivity contribution is 6.01. The van der Waals surface area contributed by atoms with Gasteiger partial charge in [0.05, 0.1) is 0 Å². The van der Waals surface area contributed by atoms with Gasteiger partial charge in [-0.1, -0.05) is 42.5 Å². The summed E-state index contributed by atoms with van der Waals surface area (Å²) < 4.78 is 5.29. The van der Waals surface area contributed by atoms with Gasteiger partial charge in [0.25, 0.3) is 0 Å². The number of hydrogen-bond donors (Lipinski definition) is 3. The van der Waals surface area contributed by atoms with Crippen LogP contribution in [-0.2, 0) is 27.4 Å². The molecule has 0 saturated carbocycles. The number of ether oxygens (including phenoxy) is 1. The van der Waals surface area contributed by atoms with Crippen molar-refractivity contribution in [1.82, 2.24) is 5.32 Å². The van der Waals surface area contributed by atoms with Crippen LogP contribution in [0.5, 0.6) is 0 Å². The van der Waals surface area contributed by atoms with E-state index in [1.165, 1.54) is 11.3 Å². The first-order valence-electron chi connectivity index (χ1n) is 13.5. The topological polar surface area (TPSA) is 99.8 Å². The Kier molecular flexibility index (Phi) is 8.41. The van der Waals surface area contributed by atoms with Gasteiger partial charge in [-0.05, 0) is 79.1 Å². The number of nitrogens with one attached hydrogen (secondary N) is 3. The summed E-state index contributed by atoms with van der Waals surface area (Å²) in [6, 6.07) is 25.4. The molecule has 8 nitrogen and oxygen atoms in total. The van der Waals surface area contributed by atoms with Crippen LogP contribution in [0.2, 0.25) is 0 Å². The third-order valence-corrected chi connectivity index (χ3v) is 7.36. The molecule has 202 valence electrons. The number of anilines is 3. The van der Waals surface area contributed by atoms with Crippen molar-refractivity contribution in [2.24, 2.45) is 5.92 Å². The first-order chi connectivity index (χ1) is 19.0. The molecule has 39 heavy (non-hydrogen) atoms. The summed E-state index contributed by atoms with van der Waals surface area (Å²) in [6.07, 6.45) is 3.66. The summed E-state index contributed by atoms with van der Waals surface area (Å²) in [4.78, 5) is 37.8. The Bertz CT molecular complexity index is 1270. The van der Waals surface area contributed by atoms with Crippen molar-refractivity contribution in [2.45, 2.75) is 44.8 Å². The molecule has 3 aromatic carbocycles. The second kappa shape index (κ2) is 12.5. The molecule has 2 aliphatic heterocycles. The minimum absolute atomic E-state index is 0.206. The predicted molar refractivity (Wildman–Crippen MR) is 152 cm³/mol. The number of hydrogen-bond acceptors (Lipinski definition) is 6. The van der Waals surface area contributed by atoms with E-state index in [9.17, 15) is 14.4 Å². The van der Waals surface area contributed by atoms with Crippen LogP contribution in [-0.4, -0.2) is 37.0 Å². The van der Waals surface area contributed by atoms with Gasteiger partial charge in [-0.25, -0.2) is 4.79 Å². The number of amides is 3. The largest absolute Gasteiger partial charge is 0.444 e. The van der Waals surface area contributed by atoms with Crippen molar-refractivity contribution in [3.05, 3.63) is 90.0 Å². The molecule has 2 saturated heterocycles. The SMILES string of the molecule is O=C1CCC(Nc2ccc(N3CCC(Cc4ccc(NC(=O)OCc5ccccc5)cc4)CC3)cc2)C(=O)N1. The Morgan fingerprint density at radius 1 is 0.846 bits per heavy atom. The zero-order valence-electron chi connectivity index (χ0n) is 21.9. The van der Waals surface area contributed by atoms with Gasteiger partial charge in [0.2, 0.25) is 11.8 Å². The number of benzene rings is 3.